The fraction of sp³-hybridized carbons (Fsp3) is 0.462. The monoisotopic (exact) mass is 297 g/mol. The molecule has 0 spiro atoms. The van der Waals surface area contributed by atoms with E-state index in [4.69, 9.17) is 4.74 Å². The van der Waals surface area contributed by atoms with Crippen molar-refractivity contribution >= 4 is 15.5 Å². The Morgan fingerprint density at radius 2 is 2.10 bits per heavy atom. The van der Waals surface area contributed by atoms with Gasteiger partial charge in [0.1, 0.15) is 5.82 Å². The molecular weight excluding hydrogens is 278 g/mol. The normalized spacial score (nSPS) is 11.9. The molecule has 0 bridgehead atoms. The second-order valence-electron chi connectivity index (χ2n) is 4.37. The van der Waals surface area contributed by atoms with Crippen molar-refractivity contribution in [1.29, 1.82) is 0 Å². The topological polar surface area (TPSA) is 72.7 Å². The Labute approximate surface area is 118 Å². The van der Waals surface area contributed by atoms with Gasteiger partial charge in [-0.15, -0.1) is 0 Å². The Morgan fingerprint density at radius 3 is 2.70 bits per heavy atom. The second kappa shape index (κ2) is 5.80. The van der Waals surface area contributed by atoms with Gasteiger partial charge in [-0.3, -0.25) is 4.40 Å². The largest absolute Gasteiger partial charge is 0.482 e. The van der Waals surface area contributed by atoms with E-state index in [0.29, 0.717) is 30.2 Å². The van der Waals surface area contributed by atoms with Crippen LogP contribution in [0.25, 0.3) is 5.52 Å². The summed E-state index contributed by atoms with van der Waals surface area (Å²) >= 11 is 0. The molecule has 2 rings (SSSR count). The third-order valence-electron chi connectivity index (χ3n) is 2.98. The molecule has 0 aromatic carbocycles. The number of aromatic nitrogens is 2. The first kappa shape index (κ1) is 14.8. The quantitative estimate of drug-likeness (QED) is 0.879. The highest BCUT2D eigenvalue weighted by Gasteiger charge is 2.23. The van der Waals surface area contributed by atoms with Crippen LogP contribution in [0.15, 0.2) is 23.2 Å². The zero-order valence-corrected chi connectivity index (χ0v) is 12.7. The van der Waals surface area contributed by atoms with Crippen molar-refractivity contribution in [2.45, 2.75) is 31.7 Å². The lowest BCUT2D eigenvalue weighted by Gasteiger charge is -2.06. The Kier molecular flexibility index (Phi) is 4.29. The first-order valence-corrected chi connectivity index (χ1v) is 8.07. The Morgan fingerprint density at radius 1 is 1.35 bits per heavy atom. The van der Waals surface area contributed by atoms with Crippen LogP contribution < -0.4 is 9.46 Å². The number of nitrogens with zero attached hydrogens (tertiary/aromatic N) is 2. The molecule has 7 heteroatoms. The lowest BCUT2D eigenvalue weighted by molar-refractivity contribution is 0.390. The van der Waals surface area contributed by atoms with Crippen molar-refractivity contribution in [2.75, 3.05) is 13.7 Å². The molecule has 0 aliphatic rings. The third kappa shape index (κ3) is 2.51. The van der Waals surface area contributed by atoms with E-state index in [0.717, 1.165) is 6.42 Å². The minimum atomic E-state index is -3.60. The van der Waals surface area contributed by atoms with Crippen LogP contribution in [-0.4, -0.2) is 31.5 Å². The molecular formula is C13H19N3O3S. The molecule has 0 aliphatic carbocycles. The first-order chi connectivity index (χ1) is 9.55. The van der Waals surface area contributed by atoms with Crippen LogP contribution in [-0.2, 0) is 16.4 Å². The Hall–Kier alpha value is -1.60. The molecule has 0 aliphatic heterocycles. The average molecular weight is 297 g/mol. The number of sulfonamides is 1. The van der Waals surface area contributed by atoms with Gasteiger partial charge in [-0.1, -0.05) is 19.9 Å². The number of imidazole rings is 1. The summed E-state index contributed by atoms with van der Waals surface area (Å²) < 4.78 is 34.2. The minimum absolute atomic E-state index is 0.0571. The standard InChI is InChI=1S/C13H19N3O3S/c1-4-9-14-20(17,18)13-10-7-6-8-12(19-3)16(10)11(5-2)15-13/h6-8,14H,4-5,9H2,1-3H3. The van der Waals surface area contributed by atoms with Crippen molar-refractivity contribution in [3.63, 3.8) is 0 Å². The summed E-state index contributed by atoms with van der Waals surface area (Å²) in [6.07, 6.45) is 1.35. The number of rotatable bonds is 6. The molecule has 0 radical (unpaired) electrons. The van der Waals surface area contributed by atoms with E-state index < -0.39 is 10.0 Å². The van der Waals surface area contributed by atoms with E-state index in [9.17, 15) is 8.42 Å². The summed E-state index contributed by atoms with van der Waals surface area (Å²) in [5.74, 6) is 1.23. The van der Waals surface area contributed by atoms with Crippen LogP contribution in [0, 0.1) is 0 Å². The molecule has 2 aromatic rings. The zero-order valence-electron chi connectivity index (χ0n) is 11.9. The molecule has 20 heavy (non-hydrogen) atoms. The number of fused-ring (bicyclic) bond motifs is 1. The summed E-state index contributed by atoms with van der Waals surface area (Å²) in [7, 11) is -2.05. The van der Waals surface area contributed by atoms with Crippen molar-refractivity contribution in [3.8, 4) is 5.88 Å². The molecule has 110 valence electrons. The molecule has 2 aromatic heterocycles. The highest BCUT2D eigenvalue weighted by molar-refractivity contribution is 7.89. The average Bonchev–Trinajstić information content (AvgIpc) is 2.84. The van der Waals surface area contributed by atoms with E-state index in [2.05, 4.69) is 9.71 Å². The van der Waals surface area contributed by atoms with Gasteiger partial charge in [0.2, 0.25) is 0 Å². The summed E-state index contributed by atoms with van der Waals surface area (Å²) in [6, 6.07) is 5.27. The van der Waals surface area contributed by atoms with Gasteiger partial charge in [-0.05, 0) is 18.6 Å². The van der Waals surface area contributed by atoms with Crippen molar-refractivity contribution in [1.82, 2.24) is 14.1 Å². The molecule has 0 fully saturated rings. The molecule has 6 nitrogen and oxygen atoms in total. The Bertz CT molecular complexity index is 707. The minimum Gasteiger partial charge on any atom is -0.482 e. The van der Waals surface area contributed by atoms with Crippen LogP contribution in [0.4, 0.5) is 0 Å². The lowest BCUT2D eigenvalue weighted by atomic mass is 10.4. The van der Waals surface area contributed by atoms with Crippen molar-refractivity contribution in [2.24, 2.45) is 0 Å². The van der Waals surface area contributed by atoms with Crippen molar-refractivity contribution in [3.05, 3.63) is 24.0 Å². The van der Waals surface area contributed by atoms with Gasteiger partial charge in [-0.2, -0.15) is 0 Å². The maximum absolute atomic E-state index is 12.3. The van der Waals surface area contributed by atoms with E-state index in [1.165, 1.54) is 0 Å². The molecule has 0 saturated heterocycles. The van der Waals surface area contributed by atoms with Crippen LogP contribution in [0.2, 0.25) is 0 Å². The molecule has 0 atom stereocenters. The van der Waals surface area contributed by atoms with Gasteiger partial charge in [0.15, 0.2) is 10.9 Å². The molecule has 0 saturated carbocycles. The third-order valence-corrected chi connectivity index (χ3v) is 4.38. The fourth-order valence-corrected chi connectivity index (χ4v) is 3.32. The molecule has 1 N–H and O–H groups in total. The Balaban J connectivity index is 2.67. The van der Waals surface area contributed by atoms with Crippen LogP contribution in [0.5, 0.6) is 5.88 Å². The van der Waals surface area contributed by atoms with Gasteiger partial charge < -0.3 is 4.74 Å². The number of nitrogens with one attached hydrogen (secondary N) is 1. The van der Waals surface area contributed by atoms with E-state index in [-0.39, 0.29) is 5.03 Å². The zero-order chi connectivity index (χ0) is 14.8. The highest BCUT2D eigenvalue weighted by atomic mass is 32.2. The van der Waals surface area contributed by atoms with Crippen LogP contribution in [0.1, 0.15) is 26.1 Å². The SMILES string of the molecule is CCCNS(=O)(=O)c1nc(CC)n2c(OC)cccc12. The number of pyridine rings is 1. The van der Waals surface area contributed by atoms with E-state index >= 15 is 0 Å². The van der Waals surface area contributed by atoms with E-state index in [1.807, 2.05) is 13.8 Å². The van der Waals surface area contributed by atoms with Gasteiger partial charge >= 0.3 is 0 Å². The van der Waals surface area contributed by atoms with Crippen LogP contribution >= 0.6 is 0 Å². The number of ether oxygens (including phenoxy) is 1. The lowest BCUT2D eigenvalue weighted by Crippen LogP contribution is -2.25. The second-order valence-corrected chi connectivity index (χ2v) is 6.06. The smallest absolute Gasteiger partial charge is 0.260 e. The summed E-state index contributed by atoms with van der Waals surface area (Å²) in [6.45, 7) is 4.23. The van der Waals surface area contributed by atoms with Gasteiger partial charge in [-0.25, -0.2) is 18.1 Å². The predicted octanol–water partition coefficient (Wildman–Crippen LogP) is 1.59. The summed E-state index contributed by atoms with van der Waals surface area (Å²) in [5.41, 5.74) is 0.532. The highest BCUT2D eigenvalue weighted by Crippen LogP contribution is 2.24. The fourth-order valence-electron chi connectivity index (χ4n) is 2.05. The number of aryl methyl sites for hydroxylation is 1. The maximum atomic E-state index is 12.3. The van der Waals surface area contributed by atoms with E-state index in [1.54, 1.807) is 29.7 Å². The van der Waals surface area contributed by atoms with Gasteiger partial charge in [0.05, 0.1) is 12.6 Å². The first-order valence-electron chi connectivity index (χ1n) is 6.59. The molecule has 0 unspecified atom stereocenters. The molecule has 0 amide bonds. The predicted molar refractivity (Wildman–Crippen MR) is 76.6 cm³/mol. The maximum Gasteiger partial charge on any atom is 0.260 e. The van der Waals surface area contributed by atoms with Gasteiger partial charge in [0.25, 0.3) is 10.0 Å². The number of methoxy groups -OCH3 is 1. The van der Waals surface area contributed by atoms with Crippen LogP contribution in [0.3, 0.4) is 0 Å². The number of hydrogen-bond donors (Lipinski definition) is 1. The van der Waals surface area contributed by atoms with Crippen molar-refractivity contribution < 1.29 is 13.2 Å². The summed E-state index contributed by atoms with van der Waals surface area (Å²) in [5, 5.41) is 0.0571. The summed E-state index contributed by atoms with van der Waals surface area (Å²) in [4.78, 5) is 4.27. The van der Waals surface area contributed by atoms with Gasteiger partial charge in [0, 0.05) is 13.0 Å². The molecule has 2 heterocycles. The number of hydrogen-bond acceptors (Lipinski definition) is 4.